The molecule has 0 radical (unpaired) electrons. The van der Waals surface area contributed by atoms with Gasteiger partial charge in [0.15, 0.2) is 4.77 Å². The highest BCUT2D eigenvalue weighted by Crippen LogP contribution is 2.12. The summed E-state index contributed by atoms with van der Waals surface area (Å²) in [5.74, 6) is 0. The number of aromatic nitrogens is 2. The molecule has 0 atom stereocenters. The molecule has 2 aromatic rings. The van der Waals surface area contributed by atoms with Gasteiger partial charge in [-0.2, -0.15) is 5.26 Å². The van der Waals surface area contributed by atoms with Gasteiger partial charge in [0.1, 0.15) is 6.07 Å². The number of nitriles is 1. The third-order valence-electron chi connectivity index (χ3n) is 2.11. The van der Waals surface area contributed by atoms with E-state index >= 15 is 0 Å². The van der Waals surface area contributed by atoms with Crippen LogP contribution in [-0.2, 0) is 0 Å². The molecule has 16 heavy (non-hydrogen) atoms. The van der Waals surface area contributed by atoms with Gasteiger partial charge in [0.25, 0.3) is 5.56 Å². The van der Waals surface area contributed by atoms with Crippen LogP contribution in [0.1, 0.15) is 5.56 Å². The van der Waals surface area contributed by atoms with Crippen LogP contribution >= 0.6 is 12.2 Å². The first-order chi connectivity index (χ1) is 7.72. The maximum atomic E-state index is 11.0. The fourth-order valence-corrected chi connectivity index (χ4v) is 1.64. The van der Waals surface area contributed by atoms with Crippen molar-refractivity contribution in [3.05, 3.63) is 57.2 Å². The molecular weight excluding hydrogens is 222 g/mol. The molecular formula is C11H7N3OS. The lowest BCUT2D eigenvalue weighted by atomic mass is 10.2. The molecule has 1 aromatic heterocycles. The van der Waals surface area contributed by atoms with Gasteiger partial charge in [0.05, 0.1) is 11.3 Å². The smallest absolute Gasteiger partial charge is 0.251 e. The number of hydrogen-bond donors (Lipinski definition) is 1. The molecule has 5 heteroatoms. The van der Waals surface area contributed by atoms with Crippen LogP contribution in [0.2, 0.25) is 0 Å². The van der Waals surface area contributed by atoms with Crippen LogP contribution in [0.4, 0.5) is 0 Å². The van der Waals surface area contributed by atoms with Gasteiger partial charge in [-0.05, 0) is 24.4 Å². The van der Waals surface area contributed by atoms with Crippen LogP contribution in [0.3, 0.4) is 0 Å². The van der Waals surface area contributed by atoms with E-state index < -0.39 is 0 Å². The van der Waals surface area contributed by atoms with E-state index in [2.05, 4.69) is 11.1 Å². The Kier molecular flexibility index (Phi) is 2.66. The van der Waals surface area contributed by atoms with Gasteiger partial charge in [0, 0.05) is 12.3 Å². The van der Waals surface area contributed by atoms with Crippen LogP contribution in [0.15, 0.2) is 41.3 Å². The maximum Gasteiger partial charge on any atom is 0.251 e. The van der Waals surface area contributed by atoms with E-state index in [1.54, 1.807) is 29.0 Å². The van der Waals surface area contributed by atoms with E-state index in [0.29, 0.717) is 11.3 Å². The fourth-order valence-electron chi connectivity index (χ4n) is 1.39. The second kappa shape index (κ2) is 4.13. The first-order valence-corrected chi connectivity index (χ1v) is 4.94. The average molecular weight is 229 g/mol. The van der Waals surface area contributed by atoms with Gasteiger partial charge >= 0.3 is 0 Å². The quantitative estimate of drug-likeness (QED) is 0.758. The molecule has 0 unspecified atom stereocenters. The van der Waals surface area contributed by atoms with E-state index in [1.807, 2.05) is 6.07 Å². The van der Waals surface area contributed by atoms with E-state index in [0.717, 1.165) is 0 Å². The van der Waals surface area contributed by atoms with Crippen molar-refractivity contribution in [2.45, 2.75) is 0 Å². The number of rotatable bonds is 1. The van der Waals surface area contributed by atoms with Crippen molar-refractivity contribution < 1.29 is 0 Å². The zero-order valence-electron chi connectivity index (χ0n) is 8.18. The summed E-state index contributed by atoms with van der Waals surface area (Å²) in [6, 6.07) is 10.5. The normalized spacial score (nSPS) is 9.69. The van der Waals surface area contributed by atoms with E-state index in [9.17, 15) is 4.79 Å². The minimum absolute atomic E-state index is 0.254. The largest absolute Gasteiger partial charge is 0.299 e. The van der Waals surface area contributed by atoms with E-state index in [-0.39, 0.29) is 10.3 Å². The summed E-state index contributed by atoms with van der Waals surface area (Å²) in [5, 5.41) is 8.96. The Morgan fingerprint density at radius 1 is 1.31 bits per heavy atom. The summed E-state index contributed by atoms with van der Waals surface area (Å²) in [6.45, 7) is 0. The van der Waals surface area contributed by atoms with Crippen molar-refractivity contribution >= 4 is 12.2 Å². The molecule has 0 saturated carbocycles. The van der Waals surface area contributed by atoms with Crippen LogP contribution in [0.25, 0.3) is 5.69 Å². The van der Waals surface area contributed by atoms with Crippen molar-refractivity contribution in [3.63, 3.8) is 0 Å². The molecule has 0 saturated heterocycles. The zero-order valence-corrected chi connectivity index (χ0v) is 8.99. The van der Waals surface area contributed by atoms with Crippen molar-refractivity contribution in [1.29, 1.82) is 5.26 Å². The summed E-state index contributed by atoms with van der Waals surface area (Å²) >= 11 is 5.03. The molecule has 0 spiro atoms. The number of H-pyrrole nitrogens is 1. The van der Waals surface area contributed by atoms with Crippen LogP contribution < -0.4 is 5.56 Å². The highest BCUT2D eigenvalue weighted by molar-refractivity contribution is 7.71. The van der Waals surface area contributed by atoms with Crippen molar-refractivity contribution in [2.24, 2.45) is 0 Å². The number of nitrogens with zero attached hydrogens (tertiary/aromatic N) is 2. The lowest BCUT2D eigenvalue weighted by molar-refractivity contribution is 0.934. The maximum absolute atomic E-state index is 11.0. The second-order valence-corrected chi connectivity index (χ2v) is 3.50. The minimum Gasteiger partial charge on any atom is -0.299 e. The molecule has 0 aliphatic carbocycles. The molecule has 0 aliphatic rings. The Morgan fingerprint density at radius 3 is 2.75 bits per heavy atom. The highest BCUT2D eigenvalue weighted by atomic mass is 32.1. The number of hydrogen-bond acceptors (Lipinski definition) is 3. The van der Waals surface area contributed by atoms with Crippen LogP contribution in [0.5, 0.6) is 0 Å². The third kappa shape index (κ3) is 1.78. The Hall–Kier alpha value is -2.19. The standard InChI is InChI=1S/C11H7N3OS/c12-7-8-3-1-2-4-9(8)14-6-5-10(15)13-11(14)16/h1-6H,(H,13,15,16). The highest BCUT2D eigenvalue weighted by Gasteiger charge is 2.03. The number of benzene rings is 1. The summed E-state index contributed by atoms with van der Waals surface area (Å²) in [4.78, 5) is 13.5. The van der Waals surface area contributed by atoms with E-state index in [1.165, 1.54) is 6.07 Å². The Morgan fingerprint density at radius 2 is 2.06 bits per heavy atom. The fraction of sp³-hybridized carbons (Fsp3) is 0. The minimum atomic E-state index is -0.254. The first-order valence-electron chi connectivity index (χ1n) is 4.54. The number of para-hydroxylation sites is 1. The van der Waals surface area contributed by atoms with Gasteiger partial charge in [-0.3, -0.25) is 14.3 Å². The van der Waals surface area contributed by atoms with Gasteiger partial charge in [-0.1, -0.05) is 12.1 Å². The Labute approximate surface area is 96.4 Å². The third-order valence-corrected chi connectivity index (χ3v) is 2.41. The summed E-state index contributed by atoms with van der Waals surface area (Å²) in [7, 11) is 0. The number of nitrogens with one attached hydrogen (secondary N) is 1. The summed E-state index contributed by atoms with van der Waals surface area (Å²) in [5.41, 5.74) is 0.910. The molecule has 0 fully saturated rings. The van der Waals surface area contributed by atoms with Gasteiger partial charge < -0.3 is 0 Å². The predicted octanol–water partition coefficient (Wildman–Crippen LogP) is 1.77. The summed E-state index contributed by atoms with van der Waals surface area (Å²) in [6.07, 6.45) is 1.55. The predicted molar refractivity (Wildman–Crippen MR) is 61.9 cm³/mol. The topological polar surface area (TPSA) is 61.6 Å². The SMILES string of the molecule is N#Cc1ccccc1-n1ccc(=O)[nH]c1=S. The lowest BCUT2D eigenvalue weighted by Crippen LogP contribution is -2.10. The molecule has 78 valence electrons. The Balaban J connectivity index is 2.74. The zero-order chi connectivity index (χ0) is 11.5. The molecule has 2 rings (SSSR count). The van der Waals surface area contributed by atoms with Crippen molar-refractivity contribution in [3.8, 4) is 11.8 Å². The van der Waals surface area contributed by atoms with Crippen molar-refractivity contribution in [1.82, 2.24) is 9.55 Å². The average Bonchev–Trinajstić information content (AvgIpc) is 2.29. The molecule has 4 nitrogen and oxygen atoms in total. The van der Waals surface area contributed by atoms with Gasteiger partial charge in [-0.15, -0.1) is 0 Å². The molecule has 0 aliphatic heterocycles. The lowest BCUT2D eigenvalue weighted by Gasteiger charge is -2.07. The molecule has 1 N–H and O–H groups in total. The second-order valence-electron chi connectivity index (χ2n) is 3.11. The van der Waals surface area contributed by atoms with Crippen LogP contribution in [-0.4, -0.2) is 9.55 Å². The molecule has 0 amide bonds. The Bertz CT molecular complexity index is 678. The molecule has 1 heterocycles. The van der Waals surface area contributed by atoms with E-state index in [4.69, 9.17) is 17.5 Å². The summed E-state index contributed by atoms with van der Waals surface area (Å²) < 4.78 is 1.87. The number of aromatic amines is 1. The van der Waals surface area contributed by atoms with Gasteiger partial charge in [0.2, 0.25) is 0 Å². The molecule has 0 bridgehead atoms. The van der Waals surface area contributed by atoms with Gasteiger partial charge in [-0.25, -0.2) is 0 Å². The molecule has 1 aromatic carbocycles. The monoisotopic (exact) mass is 229 g/mol. The first kappa shape index (κ1) is 10.3. The van der Waals surface area contributed by atoms with Crippen molar-refractivity contribution in [2.75, 3.05) is 0 Å². The van der Waals surface area contributed by atoms with Crippen LogP contribution in [0, 0.1) is 16.1 Å².